The molecule has 1 aliphatic rings. The van der Waals surface area contributed by atoms with Gasteiger partial charge in [-0.2, -0.15) is 11.8 Å². The summed E-state index contributed by atoms with van der Waals surface area (Å²) in [4.78, 5) is 2.85. The van der Waals surface area contributed by atoms with Crippen LogP contribution in [0.25, 0.3) is 0 Å². The molecule has 0 spiro atoms. The van der Waals surface area contributed by atoms with Crippen molar-refractivity contribution in [1.29, 1.82) is 0 Å². The minimum atomic E-state index is 0.374. The molecule has 0 bridgehead atoms. The smallest absolute Gasteiger partial charge is 0.106 e. The Morgan fingerprint density at radius 2 is 2.16 bits per heavy atom. The summed E-state index contributed by atoms with van der Waals surface area (Å²) in [6, 6.07) is 5.59. The molecule has 0 atom stereocenters. The third kappa shape index (κ3) is 4.53. The van der Waals surface area contributed by atoms with Crippen LogP contribution >= 0.6 is 35.6 Å². The lowest BCUT2D eigenvalue weighted by Crippen LogP contribution is -2.36. The number of anilines is 1. The second-order valence-corrected chi connectivity index (χ2v) is 6.54. The van der Waals surface area contributed by atoms with Gasteiger partial charge in [-0.25, -0.2) is 0 Å². The number of benzene rings is 1. The van der Waals surface area contributed by atoms with Gasteiger partial charge in [-0.3, -0.25) is 4.90 Å². The van der Waals surface area contributed by atoms with E-state index in [-0.39, 0.29) is 0 Å². The predicted molar refractivity (Wildman–Crippen MR) is 89.6 cm³/mol. The standard InChI is InChI=1S/C13H18ClN3S2/c14-10-1-2-12(11(9-10)13(15)18)16-3-4-17-5-7-19-8-6-17/h1-2,9,16H,3-8H2,(H2,15,18). The molecule has 0 aromatic heterocycles. The number of nitrogens with zero attached hydrogens (tertiary/aromatic N) is 1. The number of rotatable bonds is 5. The summed E-state index contributed by atoms with van der Waals surface area (Å²) in [7, 11) is 0. The number of halogens is 1. The Morgan fingerprint density at radius 1 is 1.42 bits per heavy atom. The number of nitrogens with one attached hydrogen (secondary N) is 1. The van der Waals surface area contributed by atoms with E-state index in [4.69, 9.17) is 29.6 Å². The van der Waals surface area contributed by atoms with Gasteiger partial charge in [0.15, 0.2) is 0 Å². The van der Waals surface area contributed by atoms with E-state index < -0.39 is 0 Å². The number of thiocarbonyl (C=S) groups is 1. The van der Waals surface area contributed by atoms with Crippen LogP contribution in [0.3, 0.4) is 0 Å². The molecule has 1 aliphatic heterocycles. The zero-order valence-electron chi connectivity index (χ0n) is 10.7. The number of nitrogens with two attached hydrogens (primary N) is 1. The van der Waals surface area contributed by atoms with Crippen LogP contribution in [0.5, 0.6) is 0 Å². The van der Waals surface area contributed by atoms with Gasteiger partial charge in [0.05, 0.1) is 0 Å². The molecule has 0 amide bonds. The SMILES string of the molecule is NC(=S)c1cc(Cl)ccc1NCCN1CCSCC1. The van der Waals surface area contributed by atoms with Crippen molar-refractivity contribution in [3.05, 3.63) is 28.8 Å². The molecule has 0 radical (unpaired) electrons. The van der Waals surface area contributed by atoms with Gasteiger partial charge in [0.1, 0.15) is 4.99 Å². The summed E-state index contributed by atoms with van der Waals surface area (Å²) in [6.07, 6.45) is 0. The van der Waals surface area contributed by atoms with Crippen molar-refractivity contribution in [2.45, 2.75) is 0 Å². The minimum Gasteiger partial charge on any atom is -0.389 e. The van der Waals surface area contributed by atoms with Crippen molar-refractivity contribution in [1.82, 2.24) is 4.90 Å². The molecule has 2 rings (SSSR count). The van der Waals surface area contributed by atoms with Crippen LogP contribution in [0.2, 0.25) is 5.02 Å². The topological polar surface area (TPSA) is 41.3 Å². The quantitative estimate of drug-likeness (QED) is 0.817. The highest BCUT2D eigenvalue weighted by Gasteiger charge is 2.10. The fourth-order valence-corrected chi connectivity index (χ4v) is 3.37. The van der Waals surface area contributed by atoms with E-state index in [0.717, 1.165) is 24.3 Å². The Hall–Kier alpha value is -0.490. The van der Waals surface area contributed by atoms with Crippen molar-refractivity contribution in [3.8, 4) is 0 Å². The average Bonchev–Trinajstić information content (AvgIpc) is 2.41. The minimum absolute atomic E-state index is 0.374. The van der Waals surface area contributed by atoms with Gasteiger partial charge in [-0.15, -0.1) is 0 Å². The number of hydrogen-bond acceptors (Lipinski definition) is 4. The largest absolute Gasteiger partial charge is 0.389 e. The second-order valence-electron chi connectivity index (χ2n) is 4.43. The van der Waals surface area contributed by atoms with E-state index >= 15 is 0 Å². The third-order valence-corrected chi connectivity index (χ3v) is 4.49. The number of hydrogen-bond donors (Lipinski definition) is 2. The summed E-state index contributed by atoms with van der Waals surface area (Å²) in [5.74, 6) is 2.47. The van der Waals surface area contributed by atoms with E-state index in [2.05, 4.69) is 10.2 Å². The fraction of sp³-hybridized carbons (Fsp3) is 0.462. The summed E-state index contributed by atoms with van der Waals surface area (Å²) < 4.78 is 0. The molecule has 1 aromatic rings. The summed E-state index contributed by atoms with van der Waals surface area (Å²) in [5, 5.41) is 4.05. The maximum Gasteiger partial charge on any atom is 0.106 e. The van der Waals surface area contributed by atoms with Gasteiger partial charge in [-0.1, -0.05) is 23.8 Å². The molecule has 104 valence electrons. The van der Waals surface area contributed by atoms with Crippen molar-refractivity contribution in [2.24, 2.45) is 5.73 Å². The first-order valence-corrected chi connectivity index (χ1v) is 8.24. The maximum atomic E-state index is 5.96. The van der Waals surface area contributed by atoms with Crippen LogP contribution in [-0.2, 0) is 0 Å². The lowest BCUT2D eigenvalue weighted by molar-refractivity contribution is 0.314. The van der Waals surface area contributed by atoms with E-state index in [1.807, 2.05) is 30.0 Å². The van der Waals surface area contributed by atoms with E-state index in [9.17, 15) is 0 Å². The Kier molecular flexibility index (Phi) is 5.76. The molecule has 1 aromatic carbocycles. The van der Waals surface area contributed by atoms with E-state index in [1.165, 1.54) is 24.6 Å². The van der Waals surface area contributed by atoms with Crippen LogP contribution < -0.4 is 11.1 Å². The van der Waals surface area contributed by atoms with Crippen LogP contribution in [-0.4, -0.2) is 47.6 Å². The molecule has 1 fully saturated rings. The first-order valence-electron chi connectivity index (χ1n) is 6.30. The molecule has 1 saturated heterocycles. The van der Waals surface area contributed by atoms with Gasteiger partial charge in [0, 0.05) is 54.0 Å². The Bertz CT molecular complexity index is 448. The molecule has 3 N–H and O–H groups in total. The highest BCUT2D eigenvalue weighted by atomic mass is 35.5. The summed E-state index contributed by atoms with van der Waals surface area (Å²) >= 11 is 13.0. The molecular weight excluding hydrogens is 298 g/mol. The van der Waals surface area contributed by atoms with Crippen LogP contribution in [0, 0.1) is 0 Å². The van der Waals surface area contributed by atoms with Crippen molar-refractivity contribution >= 4 is 46.3 Å². The molecule has 0 aliphatic carbocycles. The summed E-state index contributed by atoms with van der Waals surface area (Å²) in [5.41, 5.74) is 7.50. The van der Waals surface area contributed by atoms with Crippen molar-refractivity contribution in [3.63, 3.8) is 0 Å². The fourth-order valence-electron chi connectivity index (χ4n) is 2.05. The zero-order chi connectivity index (χ0) is 13.7. The van der Waals surface area contributed by atoms with Gasteiger partial charge >= 0.3 is 0 Å². The lowest BCUT2D eigenvalue weighted by atomic mass is 10.1. The molecular formula is C13H18ClN3S2. The van der Waals surface area contributed by atoms with Crippen molar-refractivity contribution < 1.29 is 0 Å². The van der Waals surface area contributed by atoms with Gasteiger partial charge in [0.2, 0.25) is 0 Å². The molecule has 1 heterocycles. The Morgan fingerprint density at radius 3 is 2.84 bits per heavy atom. The summed E-state index contributed by atoms with van der Waals surface area (Å²) in [6.45, 7) is 4.28. The highest BCUT2D eigenvalue weighted by molar-refractivity contribution is 7.99. The number of thioether (sulfide) groups is 1. The molecule has 6 heteroatoms. The van der Waals surface area contributed by atoms with Crippen LogP contribution in [0.1, 0.15) is 5.56 Å². The van der Waals surface area contributed by atoms with Crippen molar-refractivity contribution in [2.75, 3.05) is 43.0 Å². The first kappa shape index (κ1) is 14.9. The molecule has 0 saturated carbocycles. The average molecular weight is 316 g/mol. The Balaban J connectivity index is 1.89. The Labute approximate surface area is 128 Å². The monoisotopic (exact) mass is 315 g/mol. The molecule has 0 unspecified atom stereocenters. The van der Waals surface area contributed by atoms with E-state index in [1.54, 1.807) is 0 Å². The van der Waals surface area contributed by atoms with Crippen LogP contribution in [0.4, 0.5) is 5.69 Å². The van der Waals surface area contributed by atoms with Gasteiger partial charge in [-0.05, 0) is 18.2 Å². The maximum absolute atomic E-state index is 5.96. The van der Waals surface area contributed by atoms with Gasteiger partial charge < -0.3 is 11.1 Å². The van der Waals surface area contributed by atoms with Gasteiger partial charge in [0.25, 0.3) is 0 Å². The third-order valence-electron chi connectivity index (χ3n) is 3.09. The first-order chi connectivity index (χ1) is 9.16. The predicted octanol–water partition coefficient (Wildman–Crippen LogP) is 2.43. The second kappa shape index (κ2) is 7.33. The highest BCUT2D eigenvalue weighted by Crippen LogP contribution is 2.20. The molecule has 3 nitrogen and oxygen atoms in total. The van der Waals surface area contributed by atoms with E-state index in [0.29, 0.717) is 10.0 Å². The normalized spacial score (nSPS) is 16.3. The van der Waals surface area contributed by atoms with Crippen LogP contribution in [0.15, 0.2) is 18.2 Å². The lowest BCUT2D eigenvalue weighted by Gasteiger charge is -2.26. The zero-order valence-corrected chi connectivity index (χ0v) is 13.1. The molecule has 19 heavy (non-hydrogen) atoms.